The fraction of sp³-hybridized carbons (Fsp3) is 0.200. The SMILES string of the molecule is O=C(O)/C=C/c1cc(Br)ccc1-n1ccc(C2CC2)n1. The van der Waals surface area contributed by atoms with Crippen LogP contribution in [0.2, 0.25) is 0 Å². The van der Waals surface area contributed by atoms with Crippen molar-refractivity contribution in [3.8, 4) is 5.69 Å². The molecule has 0 bridgehead atoms. The molecule has 102 valence electrons. The van der Waals surface area contributed by atoms with Gasteiger partial charge in [0.15, 0.2) is 0 Å². The van der Waals surface area contributed by atoms with Gasteiger partial charge in [-0.15, -0.1) is 0 Å². The molecule has 1 heterocycles. The number of nitrogens with zero attached hydrogens (tertiary/aromatic N) is 2. The normalized spacial score (nSPS) is 14.8. The molecule has 0 unspecified atom stereocenters. The lowest BCUT2D eigenvalue weighted by Gasteiger charge is -2.07. The van der Waals surface area contributed by atoms with E-state index in [1.54, 1.807) is 6.08 Å². The van der Waals surface area contributed by atoms with Crippen LogP contribution in [0.3, 0.4) is 0 Å². The molecule has 0 aliphatic heterocycles. The lowest BCUT2D eigenvalue weighted by molar-refractivity contribution is -0.131. The third-order valence-electron chi connectivity index (χ3n) is 3.25. The first kappa shape index (κ1) is 13.1. The van der Waals surface area contributed by atoms with E-state index >= 15 is 0 Å². The fourth-order valence-corrected chi connectivity index (χ4v) is 2.48. The van der Waals surface area contributed by atoms with Crippen molar-refractivity contribution in [3.05, 3.63) is 52.3 Å². The molecule has 3 rings (SSSR count). The van der Waals surface area contributed by atoms with E-state index in [1.807, 2.05) is 35.1 Å². The monoisotopic (exact) mass is 332 g/mol. The number of hydrogen-bond acceptors (Lipinski definition) is 2. The first-order chi connectivity index (χ1) is 9.63. The van der Waals surface area contributed by atoms with Gasteiger partial charge in [-0.2, -0.15) is 5.10 Å². The summed E-state index contributed by atoms with van der Waals surface area (Å²) >= 11 is 3.40. The standard InChI is InChI=1S/C15H13BrN2O2/c16-12-4-5-14(11(9-12)3-6-15(19)20)18-8-7-13(17-18)10-1-2-10/h3-10H,1-2H2,(H,19,20)/b6-3+. The minimum absolute atomic E-state index is 0.602. The molecule has 1 aliphatic carbocycles. The van der Waals surface area contributed by atoms with Gasteiger partial charge >= 0.3 is 5.97 Å². The Hall–Kier alpha value is -1.88. The van der Waals surface area contributed by atoms with Gasteiger partial charge in [-0.25, -0.2) is 9.48 Å². The summed E-state index contributed by atoms with van der Waals surface area (Å²) in [4.78, 5) is 10.7. The summed E-state index contributed by atoms with van der Waals surface area (Å²) < 4.78 is 2.71. The van der Waals surface area contributed by atoms with Crippen molar-refractivity contribution in [1.29, 1.82) is 0 Å². The number of carboxylic acid groups (broad SMARTS) is 1. The highest BCUT2D eigenvalue weighted by Gasteiger charge is 2.26. The average molecular weight is 333 g/mol. The Morgan fingerprint density at radius 3 is 2.90 bits per heavy atom. The highest BCUT2D eigenvalue weighted by atomic mass is 79.9. The molecule has 0 atom stereocenters. The van der Waals surface area contributed by atoms with Gasteiger partial charge in [0.2, 0.25) is 0 Å². The van der Waals surface area contributed by atoms with E-state index in [9.17, 15) is 4.79 Å². The molecule has 0 saturated heterocycles. The summed E-state index contributed by atoms with van der Waals surface area (Å²) in [6.07, 6.45) is 7.07. The summed E-state index contributed by atoms with van der Waals surface area (Å²) in [5, 5.41) is 13.3. The van der Waals surface area contributed by atoms with Crippen LogP contribution >= 0.6 is 15.9 Å². The van der Waals surface area contributed by atoms with E-state index in [-0.39, 0.29) is 0 Å². The Morgan fingerprint density at radius 2 is 2.20 bits per heavy atom. The molecule has 1 saturated carbocycles. The second-order valence-electron chi connectivity index (χ2n) is 4.83. The Balaban J connectivity index is 2.00. The van der Waals surface area contributed by atoms with Crippen molar-refractivity contribution in [2.75, 3.05) is 0 Å². The van der Waals surface area contributed by atoms with Crippen molar-refractivity contribution in [2.24, 2.45) is 0 Å². The van der Waals surface area contributed by atoms with Crippen molar-refractivity contribution in [2.45, 2.75) is 18.8 Å². The topological polar surface area (TPSA) is 55.1 Å². The lowest BCUT2D eigenvalue weighted by atomic mass is 10.1. The van der Waals surface area contributed by atoms with Gasteiger partial charge in [-0.05, 0) is 43.2 Å². The summed E-state index contributed by atoms with van der Waals surface area (Å²) in [7, 11) is 0. The molecular formula is C15H13BrN2O2. The van der Waals surface area contributed by atoms with Gasteiger partial charge in [0.25, 0.3) is 0 Å². The van der Waals surface area contributed by atoms with Crippen LogP contribution in [0, 0.1) is 0 Å². The smallest absolute Gasteiger partial charge is 0.328 e. The Labute approximate surface area is 124 Å². The maximum absolute atomic E-state index is 10.7. The largest absolute Gasteiger partial charge is 0.478 e. The molecule has 1 fully saturated rings. The number of aliphatic carboxylic acids is 1. The molecule has 0 spiro atoms. The van der Waals surface area contributed by atoms with Crippen LogP contribution in [0.5, 0.6) is 0 Å². The van der Waals surface area contributed by atoms with E-state index in [4.69, 9.17) is 5.11 Å². The number of carboxylic acids is 1. The van der Waals surface area contributed by atoms with Gasteiger partial charge in [0, 0.05) is 28.2 Å². The van der Waals surface area contributed by atoms with Crippen LogP contribution in [0.4, 0.5) is 0 Å². The zero-order valence-corrected chi connectivity index (χ0v) is 12.2. The molecule has 1 aromatic carbocycles. The number of benzene rings is 1. The zero-order valence-electron chi connectivity index (χ0n) is 10.7. The zero-order chi connectivity index (χ0) is 14.1. The second kappa shape index (κ2) is 5.25. The maximum Gasteiger partial charge on any atom is 0.328 e. The van der Waals surface area contributed by atoms with E-state index in [1.165, 1.54) is 12.8 Å². The quantitative estimate of drug-likeness (QED) is 0.870. The molecule has 5 heteroatoms. The molecule has 2 aromatic rings. The maximum atomic E-state index is 10.7. The minimum atomic E-state index is -0.963. The predicted octanol–water partition coefficient (Wildman–Crippen LogP) is 3.61. The van der Waals surface area contributed by atoms with E-state index in [0.717, 1.165) is 27.5 Å². The van der Waals surface area contributed by atoms with Crippen LogP contribution in [0.25, 0.3) is 11.8 Å². The highest BCUT2D eigenvalue weighted by molar-refractivity contribution is 9.10. The summed E-state index contributed by atoms with van der Waals surface area (Å²) in [5.74, 6) is -0.361. The average Bonchev–Trinajstić information content (AvgIpc) is 3.15. The van der Waals surface area contributed by atoms with Crippen LogP contribution in [0.15, 0.2) is 41.0 Å². The Kier molecular flexibility index (Phi) is 3.44. The minimum Gasteiger partial charge on any atom is -0.478 e. The Bertz CT molecular complexity index is 687. The summed E-state index contributed by atoms with van der Waals surface area (Å²) in [6, 6.07) is 7.76. The van der Waals surface area contributed by atoms with Crippen LogP contribution in [-0.2, 0) is 4.79 Å². The van der Waals surface area contributed by atoms with Crippen molar-refractivity contribution in [1.82, 2.24) is 9.78 Å². The number of carbonyl (C=O) groups is 1. The number of halogens is 1. The highest BCUT2D eigenvalue weighted by Crippen LogP contribution is 2.39. The van der Waals surface area contributed by atoms with E-state index in [0.29, 0.717) is 5.92 Å². The molecule has 1 aliphatic rings. The molecule has 0 radical (unpaired) electrons. The second-order valence-corrected chi connectivity index (χ2v) is 5.75. The van der Waals surface area contributed by atoms with Crippen molar-refractivity contribution in [3.63, 3.8) is 0 Å². The lowest BCUT2D eigenvalue weighted by Crippen LogP contribution is -1.99. The van der Waals surface area contributed by atoms with Gasteiger partial charge in [0.1, 0.15) is 0 Å². The molecule has 0 amide bonds. The van der Waals surface area contributed by atoms with Crippen molar-refractivity contribution >= 4 is 28.0 Å². The number of hydrogen-bond donors (Lipinski definition) is 1. The van der Waals surface area contributed by atoms with Gasteiger partial charge in [0.05, 0.1) is 11.4 Å². The van der Waals surface area contributed by atoms with Crippen molar-refractivity contribution < 1.29 is 9.90 Å². The van der Waals surface area contributed by atoms with E-state index in [2.05, 4.69) is 21.0 Å². The number of aromatic nitrogens is 2. The molecule has 1 N–H and O–H groups in total. The van der Waals surface area contributed by atoms with Gasteiger partial charge in [-0.3, -0.25) is 0 Å². The number of rotatable bonds is 4. The molecule has 4 nitrogen and oxygen atoms in total. The first-order valence-corrected chi connectivity index (χ1v) is 7.19. The third kappa shape index (κ3) is 2.82. The van der Waals surface area contributed by atoms with Crippen LogP contribution in [0.1, 0.15) is 30.0 Å². The predicted molar refractivity (Wildman–Crippen MR) is 79.9 cm³/mol. The van der Waals surface area contributed by atoms with Gasteiger partial charge in [-0.1, -0.05) is 15.9 Å². The third-order valence-corrected chi connectivity index (χ3v) is 3.74. The van der Waals surface area contributed by atoms with E-state index < -0.39 is 5.97 Å². The summed E-state index contributed by atoms with van der Waals surface area (Å²) in [5.41, 5.74) is 2.80. The first-order valence-electron chi connectivity index (χ1n) is 6.40. The molecule has 1 aromatic heterocycles. The fourth-order valence-electron chi connectivity index (χ4n) is 2.10. The van der Waals surface area contributed by atoms with Gasteiger partial charge < -0.3 is 5.11 Å². The molecular weight excluding hydrogens is 320 g/mol. The summed E-state index contributed by atoms with van der Waals surface area (Å²) in [6.45, 7) is 0. The Morgan fingerprint density at radius 1 is 1.40 bits per heavy atom. The molecule has 20 heavy (non-hydrogen) atoms. The van der Waals surface area contributed by atoms with Crippen LogP contribution < -0.4 is 0 Å². The van der Waals surface area contributed by atoms with Crippen LogP contribution in [-0.4, -0.2) is 20.9 Å².